The van der Waals surface area contributed by atoms with Crippen molar-refractivity contribution < 1.29 is 8.42 Å². The molecule has 2 atom stereocenters. The van der Waals surface area contributed by atoms with E-state index < -0.39 is 9.84 Å². The van der Waals surface area contributed by atoms with E-state index in [1.54, 1.807) is 0 Å². The van der Waals surface area contributed by atoms with Crippen molar-refractivity contribution >= 4 is 9.84 Å². The Morgan fingerprint density at radius 1 is 1.36 bits per heavy atom. The second-order valence-electron chi connectivity index (χ2n) is 4.69. The molecule has 0 spiro atoms. The molecule has 0 aliphatic heterocycles. The summed E-state index contributed by atoms with van der Waals surface area (Å²) in [5, 5.41) is -0.158. The van der Waals surface area contributed by atoms with Crippen LogP contribution in [0.5, 0.6) is 0 Å². The van der Waals surface area contributed by atoms with Crippen molar-refractivity contribution in [3.8, 4) is 0 Å². The van der Waals surface area contributed by atoms with E-state index in [0.29, 0.717) is 12.3 Å². The Bertz CT molecular complexity index is 272. The van der Waals surface area contributed by atoms with Crippen LogP contribution in [0.25, 0.3) is 0 Å². The van der Waals surface area contributed by atoms with E-state index in [-0.39, 0.29) is 17.1 Å². The highest BCUT2D eigenvalue weighted by molar-refractivity contribution is 7.92. The van der Waals surface area contributed by atoms with Crippen LogP contribution in [0.2, 0.25) is 0 Å². The first kappa shape index (κ1) is 12.0. The molecule has 0 radical (unpaired) electrons. The molecular formula is C10H21NO2S. The molecule has 1 saturated carbocycles. The highest BCUT2D eigenvalue weighted by atomic mass is 32.2. The molecule has 2 unspecified atom stereocenters. The van der Waals surface area contributed by atoms with Crippen molar-refractivity contribution in [2.75, 3.05) is 12.3 Å². The average Bonchev–Trinajstić information content (AvgIpc) is 2.48. The fourth-order valence-electron chi connectivity index (χ4n) is 2.33. The van der Waals surface area contributed by atoms with Crippen LogP contribution in [0.1, 0.15) is 33.1 Å². The van der Waals surface area contributed by atoms with Crippen molar-refractivity contribution in [1.82, 2.24) is 0 Å². The summed E-state index contributed by atoms with van der Waals surface area (Å²) >= 11 is 0. The molecule has 0 amide bonds. The van der Waals surface area contributed by atoms with E-state index in [4.69, 9.17) is 5.73 Å². The van der Waals surface area contributed by atoms with E-state index in [2.05, 4.69) is 0 Å². The summed E-state index contributed by atoms with van der Waals surface area (Å²) in [5.41, 5.74) is 5.59. The minimum absolute atomic E-state index is 0.158. The van der Waals surface area contributed by atoms with Gasteiger partial charge in [0, 0.05) is 0 Å². The lowest BCUT2D eigenvalue weighted by atomic mass is 10.1. The average molecular weight is 219 g/mol. The minimum Gasteiger partial charge on any atom is -0.330 e. The maximum atomic E-state index is 12.0. The maximum absolute atomic E-state index is 12.0. The monoisotopic (exact) mass is 219 g/mol. The first-order valence-corrected chi connectivity index (χ1v) is 7.10. The van der Waals surface area contributed by atoms with E-state index in [9.17, 15) is 8.42 Å². The topological polar surface area (TPSA) is 60.2 Å². The lowest BCUT2D eigenvalue weighted by molar-refractivity contribution is 0.517. The van der Waals surface area contributed by atoms with Crippen molar-refractivity contribution in [2.24, 2.45) is 17.6 Å². The Morgan fingerprint density at radius 2 is 2.00 bits per heavy atom. The Hall–Kier alpha value is -0.0900. The van der Waals surface area contributed by atoms with Crippen LogP contribution in [-0.4, -0.2) is 26.0 Å². The molecule has 0 aromatic carbocycles. The number of hydrogen-bond acceptors (Lipinski definition) is 3. The molecule has 3 nitrogen and oxygen atoms in total. The van der Waals surface area contributed by atoms with E-state index >= 15 is 0 Å². The van der Waals surface area contributed by atoms with Crippen LogP contribution < -0.4 is 5.73 Å². The van der Waals surface area contributed by atoms with Crippen molar-refractivity contribution in [1.29, 1.82) is 0 Å². The lowest BCUT2D eigenvalue weighted by Gasteiger charge is -2.19. The second-order valence-corrected chi connectivity index (χ2v) is 6.95. The normalized spacial score (nSPS) is 28.6. The summed E-state index contributed by atoms with van der Waals surface area (Å²) in [6, 6.07) is 0. The molecule has 0 aromatic heterocycles. The molecule has 1 aliphatic rings. The fraction of sp³-hybridized carbons (Fsp3) is 1.00. The van der Waals surface area contributed by atoms with Gasteiger partial charge in [0.2, 0.25) is 0 Å². The zero-order valence-electron chi connectivity index (χ0n) is 9.07. The molecule has 0 heterocycles. The summed E-state index contributed by atoms with van der Waals surface area (Å²) in [6.07, 6.45) is 2.82. The first-order valence-electron chi connectivity index (χ1n) is 5.39. The summed E-state index contributed by atoms with van der Waals surface area (Å²) in [7, 11) is -2.90. The molecule has 4 heteroatoms. The highest BCUT2D eigenvalue weighted by Crippen LogP contribution is 2.31. The Labute approximate surface area is 87.0 Å². The molecule has 1 aliphatic carbocycles. The minimum atomic E-state index is -2.90. The summed E-state index contributed by atoms with van der Waals surface area (Å²) in [4.78, 5) is 0. The van der Waals surface area contributed by atoms with Gasteiger partial charge in [0.25, 0.3) is 0 Å². The molecule has 14 heavy (non-hydrogen) atoms. The van der Waals surface area contributed by atoms with Crippen LogP contribution in [0.3, 0.4) is 0 Å². The molecular weight excluding hydrogens is 198 g/mol. The van der Waals surface area contributed by atoms with Gasteiger partial charge in [-0.15, -0.1) is 0 Å². The van der Waals surface area contributed by atoms with Crippen molar-refractivity contribution in [3.63, 3.8) is 0 Å². The smallest absolute Gasteiger partial charge is 0.153 e. The Balaban J connectivity index is 2.71. The maximum Gasteiger partial charge on any atom is 0.153 e. The molecule has 1 rings (SSSR count). The van der Waals surface area contributed by atoms with Crippen LogP contribution in [0, 0.1) is 11.8 Å². The zero-order valence-corrected chi connectivity index (χ0v) is 9.89. The predicted molar refractivity (Wildman–Crippen MR) is 58.8 cm³/mol. The third-order valence-electron chi connectivity index (χ3n) is 2.92. The molecule has 0 bridgehead atoms. The highest BCUT2D eigenvalue weighted by Gasteiger charge is 2.36. The van der Waals surface area contributed by atoms with Gasteiger partial charge in [0.15, 0.2) is 9.84 Å². The quantitative estimate of drug-likeness (QED) is 0.772. The standard InChI is InChI=1S/C10H21NO2S/c1-8(2)7-14(12,13)10-5-3-4-9(10)6-11/h8-10H,3-7,11H2,1-2H3. The van der Waals surface area contributed by atoms with Gasteiger partial charge in [-0.05, 0) is 31.2 Å². The third-order valence-corrected chi connectivity index (χ3v) is 5.59. The van der Waals surface area contributed by atoms with Crippen LogP contribution in [0.15, 0.2) is 0 Å². The van der Waals surface area contributed by atoms with E-state index in [1.807, 2.05) is 13.8 Å². The summed E-state index contributed by atoms with van der Waals surface area (Å²) in [6.45, 7) is 4.41. The Morgan fingerprint density at radius 3 is 2.50 bits per heavy atom. The van der Waals surface area contributed by atoms with Crippen molar-refractivity contribution in [2.45, 2.75) is 38.4 Å². The number of rotatable bonds is 4. The van der Waals surface area contributed by atoms with Crippen LogP contribution in [0.4, 0.5) is 0 Å². The van der Waals surface area contributed by atoms with E-state index in [1.165, 1.54) is 0 Å². The lowest BCUT2D eigenvalue weighted by Crippen LogP contribution is -2.33. The summed E-state index contributed by atoms with van der Waals surface area (Å²) < 4.78 is 23.9. The molecule has 2 N–H and O–H groups in total. The van der Waals surface area contributed by atoms with Gasteiger partial charge in [-0.3, -0.25) is 0 Å². The van der Waals surface area contributed by atoms with Crippen LogP contribution >= 0.6 is 0 Å². The van der Waals surface area contributed by atoms with E-state index in [0.717, 1.165) is 19.3 Å². The molecule has 0 saturated heterocycles. The summed E-state index contributed by atoms with van der Waals surface area (Å²) in [5.74, 6) is 0.742. The number of sulfone groups is 1. The third kappa shape index (κ3) is 2.70. The molecule has 1 fully saturated rings. The van der Waals surface area contributed by atoms with Gasteiger partial charge < -0.3 is 5.73 Å². The van der Waals surface area contributed by atoms with Gasteiger partial charge in [-0.1, -0.05) is 20.3 Å². The Kier molecular flexibility index (Phi) is 3.95. The number of nitrogens with two attached hydrogens (primary N) is 1. The van der Waals surface area contributed by atoms with Gasteiger partial charge in [-0.25, -0.2) is 8.42 Å². The molecule has 0 aromatic rings. The van der Waals surface area contributed by atoms with Gasteiger partial charge in [0.1, 0.15) is 0 Å². The van der Waals surface area contributed by atoms with Gasteiger partial charge >= 0.3 is 0 Å². The van der Waals surface area contributed by atoms with Crippen LogP contribution in [-0.2, 0) is 9.84 Å². The van der Waals surface area contributed by atoms with Gasteiger partial charge in [-0.2, -0.15) is 0 Å². The molecule has 84 valence electrons. The number of hydrogen-bond donors (Lipinski definition) is 1. The largest absolute Gasteiger partial charge is 0.330 e. The SMILES string of the molecule is CC(C)CS(=O)(=O)C1CCCC1CN. The van der Waals surface area contributed by atoms with Crippen molar-refractivity contribution in [3.05, 3.63) is 0 Å². The second kappa shape index (κ2) is 4.62. The zero-order chi connectivity index (χ0) is 10.8. The first-order chi connectivity index (χ1) is 6.47. The fourth-order valence-corrected chi connectivity index (χ4v) is 4.87. The predicted octanol–water partition coefficient (Wildman–Crippen LogP) is 1.18. The van der Waals surface area contributed by atoms with Gasteiger partial charge in [0.05, 0.1) is 11.0 Å².